The first-order chi connectivity index (χ1) is 8.08. The number of rotatable bonds is 4. The quantitative estimate of drug-likeness (QED) is 0.894. The first-order valence-electron chi connectivity index (χ1n) is 5.29. The minimum absolute atomic E-state index is 0.116. The molecule has 1 unspecified atom stereocenters. The van der Waals surface area contributed by atoms with Gasteiger partial charge in [-0.25, -0.2) is 0 Å². The van der Waals surface area contributed by atoms with Gasteiger partial charge in [0.25, 0.3) is 0 Å². The van der Waals surface area contributed by atoms with Crippen LogP contribution in [0.4, 0.5) is 5.69 Å². The molecule has 1 aromatic rings. The van der Waals surface area contributed by atoms with Gasteiger partial charge >= 0.3 is 0 Å². The third kappa shape index (κ3) is 3.84. The first kappa shape index (κ1) is 13.7. The smallest absolute Gasteiger partial charge is 0.227 e. The van der Waals surface area contributed by atoms with Gasteiger partial charge < -0.3 is 11.1 Å². The molecule has 0 aliphatic carbocycles. The fourth-order valence-electron chi connectivity index (χ4n) is 1.35. The van der Waals surface area contributed by atoms with Gasteiger partial charge in [-0.15, -0.1) is 0 Å². The normalized spacial score (nSPS) is 11.6. The summed E-state index contributed by atoms with van der Waals surface area (Å²) in [7, 11) is 0. The predicted molar refractivity (Wildman–Crippen MR) is 70.3 cm³/mol. The number of hydrogen-bond donors (Lipinski definition) is 2. The number of halogens is 1. The van der Waals surface area contributed by atoms with E-state index in [-0.39, 0.29) is 11.8 Å². The maximum atomic E-state index is 11.8. The topological polar surface area (TPSA) is 78.9 Å². The van der Waals surface area contributed by atoms with Crippen LogP contribution in [0.5, 0.6) is 0 Å². The molecule has 3 N–H and O–H groups in total. The van der Waals surface area contributed by atoms with Crippen LogP contribution in [0.3, 0.4) is 0 Å². The van der Waals surface area contributed by atoms with E-state index >= 15 is 0 Å². The minimum Gasteiger partial charge on any atom is -0.330 e. The summed E-state index contributed by atoms with van der Waals surface area (Å²) in [6, 6.07) is 7.20. The molecule has 4 nitrogen and oxygen atoms in total. The molecule has 1 amide bonds. The van der Waals surface area contributed by atoms with E-state index < -0.39 is 0 Å². The van der Waals surface area contributed by atoms with Gasteiger partial charge in [0.1, 0.15) is 6.07 Å². The van der Waals surface area contributed by atoms with Crippen molar-refractivity contribution in [1.82, 2.24) is 0 Å². The molecule has 0 spiro atoms. The summed E-state index contributed by atoms with van der Waals surface area (Å²) in [5.74, 6) is -0.274. The second kappa shape index (κ2) is 6.38. The molecule has 0 bridgehead atoms. The molecule has 1 rings (SSSR count). The van der Waals surface area contributed by atoms with Gasteiger partial charge in [-0.1, -0.05) is 22.9 Å². The van der Waals surface area contributed by atoms with Crippen molar-refractivity contribution in [1.29, 1.82) is 5.26 Å². The maximum Gasteiger partial charge on any atom is 0.227 e. The minimum atomic E-state index is -0.157. The number of amides is 1. The van der Waals surface area contributed by atoms with Crippen LogP contribution in [0.1, 0.15) is 18.9 Å². The maximum absolute atomic E-state index is 11.8. The van der Waals surface area contributed by atoms with Crippen molar-refractivity contribution in [3.8, 4) is 6.07 Å². The van der Waals surface area contributed by atoms with Crippen LogP contribution in [0, 0.1) is 17.2 Å². The monoisotopic (exact) mass is 295 g/mol. The van der Waals surface area contributed by atoms with E-state index in [0.717, 1.165) is 4.47 Å². The van der Waals surface area contributed by atoms with Crippen LogP contribution in [0.2, 0.25) is 0 Å². The number of nitrogens with two attached hydrogens (primary N) is 1. The van der Waals surface area contributed by atoms with Crippen molar-refractivity contribution in [2.45, 2.75) is 13.3 Å². The van der Waals surface area contributed by atoms with E-state index in [9.17, 15) is 4.79 Å². The summed E-state index contributed by atoms with van der Waals surface area (Å²) in [5, 5.41) is 11.7. The first-order valence-corrected chi connectivity index (χ1v) is 6.08. The van der Waals surface area contributed by atoms with Crippen molar-refractivity contribution in [2.24, 2.45) is 11.7 Å². The number of anilines is 1. The van der Waals surface area contributed by atoms with Gasteiger partial charge in [0.15, 0.2) is 0 Å². The lowest BCUT2D eigenvalue weighted by Crippen LogP contribution is -2.23. The molecule has 0 fully saturated rings. The van der Waals surface area contributed by atoms with Crippen LogP contribution >= 0.6 is 15.9 Å². The van der Waals surface area contributed by atoms with E-state index in [2.05, 4.69) is 21.2 Å². The fraction of sp³-hybridized carbons (Fsp3) is 0.333. The highest BCUT2D eigenvalue weighted by atomic mass is 79.9. The fourth-order valence-corrected chi connectivity index (χ4v) is 1.72. The molecular weight excluding hydrogens is 282 g/mol. The molecule has 0 saturated carbocycles. The lowest BCUT2D eigenvalue weighted by Gasteiger charge is -2.12. The third-order valence-corrected chi connectivity index (χ3v) is 2.90. The second-order valence-corrected chi connectivity index (χ2v) is 4.69. The average Bonchev–Trinajstić information content (AvgIpc) is 2.31. The number of benzene rings is 1. The molecule has 0 aromatic heterocycles. The van der Waals surface area contributed by atoms with Crippen molar-refractivity contribution in [3.63, 3.8) is 0 Å². The van der Waals surface area contributed by atoms with Crippen molar-refractivity contribution in [2.75, 3.05) is 11.9 Å². The molecule has 17 heavy (non-hydrogen) atoms. The zero-order valence-corrected chi connectivity index (χ0v) is 11.1. The van der Waals surface area contributed by atoms with E-state index in [1.165, 1.54) is 0 Å². The second-order valence-electron chi connectivity index (χ2n) is 3.77. The average molecular weight is 296 g/mol. The van der Waals surface area contributed by atoms with E-state index in [1.807, 2.05) is 13.0 Å². The zero-order valence-electron chi connectivity index (χ0n) is 9.53. The molecule has 5 heteroatoms. The molecule has 0 aliphatic rings. The summed E-state index contributed by atoms with van der Waals surface area (Å²) in [6.07, 6.45) is 0.629. The summed E-state index contributed by atoms with van der Waals surface area (Å²) >= 11 is 3.28. The molecule has 0 aliphatic heterocycles. The highest BCUT2D eigenvalue weighted by Gasteiger charge is 2.13. The van der Waals surface area contributed by atoms with Gasteiger partial charge in [0.05, 0.1) is 11.3 Å². The third-order valence-electron chi connectivity index (χ3n) is 2.41. The highest BCUT2D eigenvalue weighted by Crippen LogP contribution is 2.21. The van der Waals surface area contributed by atoms with Crippen LogP contribution in [-0.2, 0) is 4.79 Å². The summed E-state index contributed by atoms with van der Waals surface area (Å²) in [4.78, 5) is 11.8. The number of carbonyl (C=O) groups excluding carboxylic acids is 1. The Kier molecular flexibility index (Phi) is 5.13. The molecule has 1 aromatic carbocycles. The van der Waals surface area contributed by atoms with Crippen LogP contribution < -0.4 is 11.1 Å². The Morgan fingerprint density at radius 2 is 2.35 bits per heavy atom. The number of hydrogen-bond acceptors (Lipinski definition) is 3. The largest absolute Gasteiger partial charge is 0.330 e. The lowest BCUT2D eigenvalue weighted by molar-refractivity contribution is -0.119. The zero-order chi connectivity index (χ0) is 12.8. The van der Waals surface area contributed by atoms with Gasteiger partial charge in [0, 0.05) is 10.4 Å². The molecule has 0 radical (unpaired) electrons. The Bertz CT molecular complexity index is 454. The Hall–Kier alpha value is -1.38. The predicted octanol–water partition coefficient (Wildman–Crippen LogP) is 2.24. The van der Waals surface area contributed by atoms with E-state index in [1.54, 1.807) is 18.2 Å². The van der Waals surface area contributed by atoms with Gasteiger partial charge in [-0.3, -0.25) is 4.79 Å². The van der Waals surface area contributed by atoms with Crippen LogP contribution in [0.25, 0.3) is 0 Å². The van der Waals surface area contributed by atoms with Crippen molar-refractivity contribution < 1.29 is 4.79 Å². The Morgan fingerprint density at radius 1 is 1.65 bits per heavy atom. The number of nitriles is 1. The summed E-state index contributed by atoms with van der Waals surface area (Å²) in [6.45, 7) is 2.28. The van der Waals surface area contributed by atoms with E-state index in [4.69, 9.17) is 11.0 Å². The van der Waals surface area contributed by atoms with Crippen molar-refractivity contribution in [3.05, 3.63) is 28.2 Å². The Labute approximate surface area is 109 Å². The lowest BCUT2D eigenvalue weighted by atomic mass is 10.1. The molecule has 1 atom stereocenters. The van der Waals surface area contributed by atoms with E-state index in [0.29, 0.717) is 24.2 Å². The SMILES string of the molecule is CC(CCN)C(=O)Nc1ccc(Br)cc1C#N. The summed E-state index contributed by atoms with van der Waals surface area (Å²) < 4.78 is 0.807. The van der Waals surface area contributed by atoms with Crippen LogP contribution in [0.15, 0.2) is 22.7 Å². The number of nitrogens with zero attached hydrogens (tertiary/aromatic N) is 1. The molecule has 90 valence electrons. The highest BCUT2D eigenvalue weighted by molar-refractivity contribution is 9.10. The molecule has 0 saturated heterocycles. The van der Waals surface area contributed by atoms with Gasteiger partial charge in [-0.05, 0) is 31.2 Å². The summed E-state index contributed by atoms with van der Waals surface area (Å²) in [5.41, 5.74) is 6.37. The molecular formula is C12H14BrN3O. The van der Waals surface area contributed by atoms with Gasteiger partial charge in [-0.2, -0.15) is 5.26 Å². The van der Waals surface area contributed by atoms with Crippen LogP contribution in [-0.4, -0.2) is 12.5 Å². The molecule has 0 heterocycles. The van der Waals surface area contributed by atoms with Gasteiger partial charge in [0.2, 0.25) is 5.91 Å². The van der Waals surface area contributed by atoms with Crippen molar-refractivity contribution >= 4 is 27.5 Å². The standard InChI is InChI=1S/C12H14BrN3O/c1-8(4-5-14)12(17)16-11-3-2-10(13)6-9(11)7-15/h2-3,6,8H,4-5,14H2,1H3,(H,16,17). The Balaban J connectivity index is 2.82. The Morgan fingerprint density at radius 3 is 2.94 bits per heavy atom. The number of nitrogens with one attached hydrogen (secondary N) is 1. The number of carbonyl (C=O) groups is 1.